The lowest BCUT2D eigenvalue weighted by Gasteiger charge is -2.29. The molecule has 1 heterocycles. The van der Waals surface area contributed by atoms with E-state index in [1.807, 2.05) is 23.1 Å². The van der Waals surface area contributed by atoms with Gasteiger partial charge in [-0.05, 0) is 63.5 Å². The minimum Gasteiger partial charge on any atom is -0.493 e. The normalized spacial score (nSPS) is 14.5. The summed E-state index contributed by atoms with van der Waals surface area (Å²) in [7, 11) is 4.69. The summed E-state index contributed by atoms with van der Waals surface area (Å²) in [4.78, 5) is 18.1. The first-order valence-corrected chi connectivity index (χ1v) is 12.1. The van der Waals surface area contributed by atoms with Crippen LogP contribution in [0.15, 0.2) is 48.0 Å². The van der Waals surface area contributed by atoms with Gasteiger partial charge in [0.25, 0.3) is 5.91 Å². The number of hydrogen-bond donors (Lipinski definition) is 0. The number of likely N-dealkylation sites (tertiary alicyclic amines) is 1. The molecule has 1 saturated heterocycles. The Morgan fingerprint density at radius 1 is 0.971 bits per heavy atom. The molecular weight excluding hydrogens is 428 g/mol. The van der Waals surface area contributed by atoms with Crippen molar-refractivity contribution in [2.75, 3.05) is 54.1 Å². The van der Waals surface area contributed by atoms with E-state index in [2.05, 4.69) is 30.0 Å². The van der Waals surface area contributed by atoms with Gasteiger partial charge in [0.15, 0.2) is 11.5 Å². The van der Waals surface area contributed by atoms with Gasteiger partial charge in [0.2, 0.25) is 5.75 Å². The highest BCUT2D eigenvalue weighted by molar-refractivity contribution is 5.96. The van der Waals surface area contributed by atoms with Crippen molar-refractivity contribution in [2.24, 2.45) is 0 Å². The van der Waals surface area contributed by atoms with Crippen LogP contribution in [-0.4, -0.2) is 69.8 Å². The lowest BCUT2D eigenvalue weighted by molar-refractivity contribution is 0.0760. The maximum atomic E-state index is 13.7. The standard InChI is InChI=1S/C28H38N2O4/c1-22(18-23-12-7-5-8-13-23)21-30(17-11-16-29-14-9-6-10-15-29)28(31)24-19-25(32-2)27(34-4)26(20-24)33-3/h5,7-8,12-13,18-20H,6,9-11,14-17,21H2,1-4H3. The molecule has 0 aromatic heterocycles. The summed E-state index contributed by atoms with van der Waals surface area (Å²) in [5.74, 6) is 1.40. The van der Waals surface area contributed by atoms with Crippen LogP contribution in [0.5, 0.6) is 17.2 Å². The number of carbonyl (C=O) groups is 1. The van der Waals surface area contributed by atoms with Crippen LogP contribution in [0.1, 0.15) is 48.5 Å². The summed E-state index contributed by atoms with van der Waals surface area (Å²) >= 11 is 0. The molecule has 1 aliphatic heterocycles. The summed E-state index contributed by atoms with van der Waals surface area (Å²) in [6.07, 6.45) is 6.95. The Bertz CT molecular complexity index is 927. The molecular formula is C28H38N2O4. The molecule has 1 amide bonds. The number of piperidine rings is 1. The van der Waals surface area contributed by atoms with Crippen molar-refractivity contribution in [3.63, 3.8) is 0 Å². The molecule has 0 radical (unpaired) electrons. The third-order valence-electron chi connectivity index (χ3n) is 6.20. The van der Waals surface area contributed by atoms with Gasteiger partial charge in [0.1, 0.15) is 0 Å². The van der Waals surface area contributed by atoms with E-state index >= 15 is 0 Å². The zero-order chi connectivity index (χ0) is 24.3. The Kier molecular flexibility index (Phi) is 9.83. The first-order chi connectivity index (χ1) is 16.5. The van der Waals surface area contributed by atoms with Gasteiger partial charge in [-0.15, -0.1) is 0 Å². The van der Waals surface area contributed by atoms with Gasteiger partial charge in [0.05, 0.1) is 21.3 Å². The topological polar surface area (TPSA) is 51.2 Å². The fraction of sp³-hybridized carbons (Fsp3) is 0.464. The van der Waals surface area contributed by atoms with Crippen LogP contribution >= 0.6 is 0 Å². The Labute approximate surface area is 204 Å². The van der Waals surface area contributed by atoms with E-state index in [-0.39, 0.29) is 5.91 Å². The van der Waals surface area contributed by atoms with E-state index in [0.29, 0.717) is 35.9 Å². The quantitative estimate of drug-likeness (QED) is 0.459. The minimum atomic E-state index is -0.0429. The summed E-state index contributed by atoms with van der Waals surface area (Å²) in [6.45, 7) is 6.66. The van der Waals surface area contributed by atoms with Gasteiger partial charge in [-0.25, -0.2) is 0 Å². The molecule has 184 valence electrons. The summed E-state index contributed by atoms with van der Waals surface area (Å²) in [6, 6.07) is 13.7. The number of methoxy groups -OCH3 is 3. The third-order valence-corrected chi connectivity index (χ3v) is 6.20. The second kappa shape index (κ2) is 13.0. The maximum absolute atomic E-state index is 13.7. The van der Waals surface area contributed by atoms with Crippen LogP contribution in [-0.2, 0) is 0 Å². The first-order valence-electron chi connectivity index (χ1n) is 12.1. The molecule has 3 rings (SSSR count). The zero-order valence-corrected chi connectivity index (χ0v) is 21.0. The predicted octanol–water partition coefficient (Wildman–Crippen LogP) is 5.13. The number of benzene rings is 2. The van der Waals surface area contributed by atoms with E-state index in [4.69, 9.17) is 14.2 Å². The molecule has 0 aliphatic carbocycles. The van der Waals surface area contributed by atoms with Crippen molar-refractivity contribution in [1.29, 1.82) is 0 Å². The molecule has 2 aromatic rings. The zero-order valence-electron chi connectivity index (χ0n) is 21.0. The highest BCUT2D eigenvalue weighted by Gasteiger charge is 2.22. The molecule has 0 bridgehead atoms. The molecule has 0 unspecified atom stereocenters. The van der Waals surface area contributed by atoms with Gasteiger partial charge < -0.3 is 24.0 Å². The minimum absolute atomic E-state index is 0.0429. The Balaban J connectivity index is 1.81. The van der Waals surface area contributed by atoms with Gasteiger partial charge >= 0.3 is 0 Å². The van der Waals surface area contributed by atoms with E-state index < -0.39 is 0 Å². The maximum Gasteiger partial charge on any atom is 0.254 e. The van der Waals surface area contributed by atoms with Crippen LogP contribution < -0.4 is 14.2 Å². The van der Waals surface area contributed by atoms with E-state index in [9.17, 15) is 4.79 Å². The first kappa shape index (κ1) is 25.6. The van der Waals surface area contributed by atoms with E-state index in [0.717, 1.165) is 37.2 Å². The average molecular weight is 467 g/mol. The molecule has 6 heteroatoms. The largest absolute Gasteiger partial charge is 0.493 e. The Hall–Kier alpha value is -2.99. The number of ether oxygens (including phenoxy) is 3. The lowest BCUT2D eigenvalue weighted by Crippen LogP contribution is -2.37. The fourth-order valence-electron chi connectivity index (χ4n) is 4.49. The van der Waals surface area contributed by atoms with Gasteiger partial charge in [0, 0.05) is 18.7 Å². The molecule has 0 atom stereocenters. The molecule has 0 saturated carbocycles. The molecule has 6 nitrogen and oxygen atoms in total. The second-order valence-electron chi connectivity index (χ2n) is 8.80. The average Bonchev–Trinajstić information content (AvgIpc) is 2.87. The number of amides is 1. The van der Waals surface area contributed by atoms with Crippen molar-refractivity contribution >= 4 is 12.0 Å². The summed E-state index contributed by atoms with van der Waals surface area (Å²) < 4.78 is 16.4. The third kappa shape index (κ3) is 7.00. The number of rotatable bonds is 11. The molecule has 0 N–H and O–H groups in total. The molecule has 0 spiro atoms. The van der Waals surface area contributed by atoms with E-state index in [1.165, 1.54) is 19.3 Å². The Morgan fingerprint density at radius 3 is 2.21 bits per heavy atom. The van der Waals surface area contributed by atoms with Crippen LogP contribution in [0.3, 0.4) is 0 Å². The highest BCUT2D eigenvalue weighted by Crippen LogP contribution is 2.38. The van der Waals surface area contributed by atoms with Crippen molar-refractivity contribution in [2.45, 2.75) is 32.6 Å². The van der Waals surface area contributed by atoms with E-state index in [1.54, 1.807) is 33.5 Å². The molecule has 2 aromatic carbocycles. The van der Waals surface area contributed by atoms with Crippen molar-refractivity contribution in [3.8, 4) is 17.2 Å². The van der Waals surface area contributed by atoms with Crippen LogP contribution in [0.4, 0.5) is 0 Å². The van der Waals surface area contributed by atoms with Crippen molar-refractivity contribution in [1.82, 2.24) is 9.80 Å². The van der Waals surface area contributed by atoms with Crippen LogP contribution in [0.2, 0.25) is 0 Å². The molecule has 1 fully saturated rings. The van der Waals surface area contributed by atoms with Gasteiger partial charge in [-0.2, -0.15) is 0 Å². The number of hydrogen-bond acceptors (Lipinski definition) is 5. The highest BCUT2D eigenvalue weighted by atomic mass is 16.5. The molecule has 1 aliphatic rings. The monoisotopic (exact) mass is 466 g/mol. The summed E-state index contributed by atoms with van der Waals surface area (Å²) in [5, 5.41) is 0. The van der Waals surface area contributed by atoms with Gasteiger partial charge in [-0.3, -0.25) is 4.79 Å². The fourth-order valence-corrected chi connectivity index (χ4v) is 4.49. The lowest BCUT2D eigenvalue weighted by atomic mass is 10.1. The Morgan fingerprint density at radius 2 is 1.62 bits per heavy atom. The molecule has 34 heavy (non-hydrogen) atoms. The smallest absolute Gasteiger partial charge is 0.254 e. The SMILES string of the molecule is COc1cc(C(=O)N(CCCN2CCCCC2)CC(C)=Cc2ccccc2)cc(OC)c1OC. The van der Waals surface area contributed by atoms with Crippen molar-refractivity contribution < 1.29 is 19.0 Å². The van der Waals surface area contributed by atoms with Crippen LogP contribution in [0, 0.1) is 0 Å². The van der Waals surface area contributed by atoms with Crippen LogP contribution in [0.25, 0.3) is 6.08 Å². The predicted molar refractivity (Wildman–Crippen MR) is 137 cm³/mol. The second-order valence-corrected chi connectivity index (χ2v) is 8.80. The number of carbonyl (C=O) groups excluding carboxylic acids is 1. The van der Waals surface area contributed by atoms with Crippen molar-refractivity contribution in [3.05, 3.63) is 59.2 Å². The summed E-state index contributed by atoms with van der Waals surface area (Å²) in [5.41, 5.74) is 2.79. The number of nitrogens with zero attached hydrogens (tertiary/aromatic N) is 2. The van der Waals surface area contributed by atoms with Gasteiger partial charge in [-0.1, -0.05) is 48.4 Å².